The summed E-state index contributed by atoms with van der Waals surface area (Å²) < 4.78 is 24.5. The van der Waals surface area contributed by atoms with Gasteiger partial charge in [-0.05, 0) is 79.5 Å². The Morgan fingerprint density at radius 1 is 0.930 bits per heavy atom. The number of ketones is 1. The first-order valence-electron chi connectivity index (χ1n) is 16.7. The van der Waals surface area contributed by atoms with Gasteiger partial charge in [-0.2, -0.15) is 0 Å². The maximum absolute atomic E-state index is 14.2. The van der Waals surface area contributed by atoms with Crippen LogP contribution in [-0.2, 0) is 20.7 Å². The van der Waals surface area contributed by atoms with E-state index in [0.29, 0.717) is 56.0 Å². The Morgan fingerprint density at radius 2 is 1.67 bits per heavy atom. The van der Waals surface area contributed by atoms with E-state index in [1.54, 1.807) is 11.0 Å². The Labute approximate surface area is 254 Å². The maximum Gasteiger partial charge on any atom is 0.289 e. The van der Waals surface area contributed by atoms with Crippen molar-refractivity contribution >= 4 is 28.6 Å². The summed E-state index contributed by atoms with van der Waals surface area (Å²) in [6, 6.07) is 7.11. The van der Waals surface area contributed by atoms with Crippen LogP contribution in [0.2, 0.25) is 0 Å². The lowest BCUT2D eigenvalue weighted by Gasteiger charge is -2.37. The number of nitrogens with zero attached hydrogens (tertiary/aromatic N) is 2. The van der Waals surface area contributed by atoms with Crippen LogP contribution in [0.25, 0.3) is 11.0 Å². The van der Waals surface area contributed by atoms with Crippen molar-refractivity contribution in [2.45, 2.75) is 83.6 Å². The average Bonchev–Trinajstić information content (AvgIpc) is 3.69. The third kappa shape index (κ3) is 6.54. The highest BCUT2D eigenvalue weighted by molar-refractivity contribution is 5.97. The summed E-state index contributed by atoms with van der Waals surface area (Å²) in [5, 5.41) is 0.810. The van der Waals surface area contributed by atoms with Crippen molar-refractivity contribution in [3.63, 3.8) is 0 Å². The number of fused-ring (bicyclic) bond motifs is 1. The van der Waals surface area contributed by atoms with Crippen molar-refractivity contribution in [1.82, 2.24) is 9.80 Å². The molecule has 3 atom stereocenters. The molecule has 4 aliphatic rings. The number of furan rings is 1. The lowest BCUT2D eigenvalue weighted by Crippen LogP contribution is -2.48. The summed E-state index contributed by atoms with van der Waals surface area (Å²) in [5.41, 5.74) is 1.51. The lowest BCUT2D eigenvalue weighted by molar-refractivity contribution is -0.143. The largest absolute Gasteiger partial charge is 0.451 e. The summed E-state index contributed by atoms with van der Waals surface area (Å²) in [4.78, 5) is 44.8. The first kappa shape index (κ1) is 30.3. The van der Waals surface area contributed by atoms with Crippen LogP contribution in [0.3, 0.4) is 0 Å². The minimum atomic E-state index is -0.378. The van der Waals surface area contributed by atoms with Gasteiger partial charge in [-0.3, -0.25) is 18.8 Å². The monoisotopic (exact) mass is 594 g/mol. The Morgan fingerprint density at radius 3 is 2.40 bits per heavy atom. The van der Waals surface area contributed by atoms with Crippen molar-refractivity contribution in [3.8, 4) is 0 Å². The highest BCUT2D eigenvalue weighted by Gasteiger charge is 2.46. The molecule has 1 aromatic carbocycles. The molecule has 2 aromatic rings. The summed E-state index contributed by atoms with van der Waals surface area (Å²) in [6.07, 6.45) is 10.5. The van der Waals surface area contributed by atoms with E-state index in [9.17, 15) is 18.8 Å². The van der Waals surface area contributed by atoms with Crippen molar-refractivity contribution in [2.75, 3.05) is 39.5 Å². The van der Waals surface area contributed by atoms with E-state index in [0.717, 1.165) is 55.9 Å². The molecule has 0 radical (unpaired) electrons. The normalized spacial score (nSPS) is 27.9. The molecule has 2 aliphatic carbocycles. The fraction of sp³-hybridized carbons (Fsp3) is 0.686. The van der Waals surface area contributed by atoms with Gasteiger partial charge in [-0.15, -0.1) is 0 Å². The molecule has 43 heavy (non-hydrogen) atoms. The molecular formula is C35H47FN2O5. The summed E-state index contributed by atoms with van der Waals surface area (Å²) in [5.74, 6) is 1.47. The number of morpholine rings is 1. The molecule has 1 aromatic heterocycles. The Bertz CT molecular complexity index is 1290. The molecule has 234 valence electrons. The molecule has 0 spiro atoms. The van der Waals surface area contributed by atoms with E-state index in [2.05, 4.69) is 0 Å². The first-order valence-corrected chi connectivity index (χ1v) is 16.7. The van der Waals surface area contributed by atoms with E-state index in [1.165, 1.54) is 19.3 Å². The zero-order valence-electron chi connectivity index (χ0n) is 25.6. The molecule has 3 heterocycles. The molecule has 4 fully saturated rings. The molecule has 2 amide bonds. The van der Waals surface area contributed by atoms with Crippen LogP contribution in [-0.4, -0.2) is 73.0 Å². The molecule has 2 saturated carbocycles. The maximum atomic E-state index is 14.2. The van der Waals surface area contributed by atoms with Gasteiger partial charge in [0.1, 0.15) is 5.58 Å². The second-order valence-corrected chi connectivity index (χ2v) is 13.6. The summed E-state index contributed by atoms with van der Waals surface area (Å²) in [6.45, 7) is 4.48. The molecule has 7 nitrogen and oxygen atoms in total. The Kier molecular flexibility index (Phi) is 9.51. The van der Waals surface area contributed by atoms with Crippen molar-refractivity contribution in [3.05, 3.63) is 35.6 Å². The number of hydrogen-bond acceptors (Lipinski definition) is 5. The molecule has 0 N–H and O–H groups in total. The topological polar surface area (TPSA) is 80.1 Å². The van der Waals surface area contributed by atoms with Gasteiger partial charge in [0.15, 0.2) is 11.5 Å². The van der Waals surface area contributed by atoms with Gasteiger partial charge in [0.2, 0.25) is 5.91 Å². The number of carbonyl (C=O) groups is 3. The number of carbonyl (C=O) groups excluding carboxylic acids is 3. The zero-order chi connectivity index (χ0) is 29.9. The van der Waals surface area contributed by atoms with Gasteiger partial charge < -0.3 is 19.0 Å². The number of benzene rings is 1. The van der Waals surface area contributed by atoms with Crippen molar-refractivity contribution < 1.29 is 27.9 Å². The number of alkyl halides is 1. The van der Waals surface area contributed by atoms with Gasteiger partial charge in [-0.1, -0.05) is 45.1 Å². The highest BCUT2D eigenvalue weighted by atomic mass is 19.1. The van der Waals surface area contributed by atoms with E-state index < -0.39 is 0 Å². The van der Waals surface area contributed by atoms with Crippen LogP contribution in [0, 0.1) is 29.6 Å². The smallest absolute Gasteiger partial charge is 0.289 e. The average molecular weight is 595 g/mol. The highest BCUT2D eigenvalue weighted by Crippen LogP contribution is 2.42. The molecule has 2 aliphatic heterocycles. The van der Waals surface area contributed by atoms with Crippen LogP contribution >= 0.6 is 0 Å². The van der Waals surface area contributed by atoms with E-state index in [-0.39, 0.29) is 54.5 Å². The summed E-state index contributed by atoms with van der Waals surface area (Å²) in [7, 11) is 0. The van der Waals surface area contributed by atoms with Crippen molar-refractivity contribution in [2.24, 2.45) is 29.6 Å². The fourth-order valence-corrected chi connectivity index (χ4v) is 8.36. The quantitative estimate of drug-likeness (QED) is 0.362. The lowest BCUT2D eigenvalue weighted by atomic mass is 9.74. The van der Waals surface area contributed by atoms with Crippen LogP contribution in [0.15, 0.2) is 28.7 Å². The molecular weight excluding hydrogens is 547 g/mol. The molecule has 8 heteroatoms. The van der Waals surface area contributed by atoms with Crippen LogP contribution in [0.1, 0.15) is 87.3 Å². The molecule has 2 saturated heterocycles. The van der Waals surface area contributed by atoms with E-state index in [1.807, 2.05) is 30.0 Å². The number of halogens is 1. The first-order chi connectivity index (χ1) is 20.9. The minimum Gasteiger partial charge on any atom is -0.451 e. The second kappa shape index (κ2) is 13.5. The third-order valence-electron chi connectivity index (χ3n) is 11.0. The third-order valence-corrected chi connectivity index (χ3v) is 11.0. The predicted molar refractivity (Wildman–Crippen MR) is 162 cm³/mol. The predicted octanol–water partition coefficient (Wildman–Crippen LogP) is 6.23. The van der Waals surface area contributed by atoms with Crippen molar-refractivity contribution in [1.29, 1.82) is 0 Å². The van der Waals surface area contributed by atoms with Gasteiger partial charge in [0.25, 0.3) is 5.91 Å². The standard InChI is InChI=1S/C35H47FN2O5/c1-23(22-36)25-8-10-27(11-9-25)34(40)38-14-13-29(26-5-3-2-4-6-26)33(38)30(39)20-24-7-12-31-28(19-24)21-32(43-31)35(41)37-15-17-42-18-16-37/h7,12,19,21,23,25-27,29,33H,2-6,8-11,13-18,20,22H2,1H3/t23?,25?,27?,29-,33-/m0/s1. The number of ether oxygens (including phenoxy) is 1. The minimum absolute atomic E-state index is 0.0500. The SMILES string of the molecule is CC(CF)C1CCC(C(=O)N2CC[C@@H](C3CCCCC3)[C@H]2C(=O)Cc2ccc3oc(C(=O)N4CCOCC4)cc3c2)CC1. The Balaban J connectivity index is 1.18. The summed E-state index contributed by atoms with van der Waals surface area (Å²) >= 11 is 0. The van der Waals surface area contributed by atoms with Gasteiger partial charge >= 0.3 is 0 Å². The fourth-order valence-electron chi connectivity index (χ4n) is 8.36. The Hall–Kier alpha value is -2.74. The molecule has 1 unspecified atom stereocenters. The number of rotatable bonds is 8. The number of likely N-dealkylation sites (tertiary alicyclic amines) is 1. The van der Waals surface area contributed by atoms with Gasteiger partial charge in [0, 0.05) is 37.4 Å². The van der Waals surface area contributed by atoms with Crippen LogP contribution in [0.5, 0.6) is 0 Å². The van der Waals surface area contributed by atoms with E-state index in [4.69, 9.17) is 9.15 Å². The second-order valence-electron chi connectivity index (χ2n) is 13.6. The molecule has 0 bridgehead atoms. The van der Waals surface area contributed by atoms with Gasteiger partial charge in [-0.25, -0.2) is 0 Å². The van der Waals surface area contributed by atoms with Crippen LogP contribution < -0.4 is 0 Å². The number of Topliss-reactive ketones (excluding diaryl/α,β-unsaturated/α-hetero) is 1. The number of amides is 2. The molecule has 6 rings (SSSR count). The number of hydrogen-bond donors (Lipinski definition) is 0. The van der Waals surface area contributed by atoms with Gasteiger partial charge in [0.05, 0.1) is 25.9 Å². The van der Waals surface area contributed by atoms with E-state index >= 15 is 0 Å². The zero-order valence-corrected chi connectivity index (χ0v) is 25.6. The van der Waals surface area contributed by atoms with Crippen LogP contribution in [0.4, 0.5) is 4.39 Å².